The summed E-state index contributed by atoms with van der Waals surface area (Å²) in [5, 5.41) is 0. The molecule has 8 heteroatoms. The fourth-order valence-corrected chi connectivity index (χ4v) is 0. The van der Waals surface area contributed by atoms with E-state index in [1.54, 1.807) is 0 Å². The van der Waals surface area contributed by atoms with Crippen molar-refractivity contribution in [2.75, 3.05) is 0 Å². The third kappa shape index (κ3) is 107. The van der Waals surface area contributed by atoms with Crippen LogP contribution in [0.15, 0.2) is 0 Å². The second-order valence-electron chi connectivity index (χ2n) is 0. The molecule has 0 saturated heterocycles. The minimum atomic E-state index is 0. The molecule has 0 aromatic heterocycles. The zero-order valence-electron chi connectivity index (χ0n) is 4.38. The van der Waals surface area contributed by atoms with E-state index in [1.165, 1.54) is 0 Å². The second kappa shape index (κ2) is 159. The summed E-state index contributed by atoms with van der Waals surface area (Å²) in [6.45, 7) is 0. The monoisotopic (exact) mass is 228 g/mol. The Morgan fingerprint density at radius 3 is 0.375 bits per heavy atom. The summed E-state index contributed by atoms with van der Waals surface area (Å²) in [6.07, 6.45) is 0. The molecule has 0 bridgehead atoms. The molecule has 56 valence electrons. The Balaban J connectivity index is 0. The maximum Gasteiger partial charge on any atom is 1.00 e. The van der Waals surface area contributed by atoms with Gasteiger partial charge in [0, 0.05) is 0 Å². The first-order valence-electron chi connectivity index (χ1n) is 0. The Kier molecular flexibility index (Phi) is 4460. The normalized spacial score (nSPS) is 0. The van der Waals surface area contributed by atoms with Gasteiger partial charge in [-0.2, -0.15) is 0 Å². The number of rotatable bonds is 0. The van der Waals surface area contributed by atoms with Crippen LogP contribution in [0.1, 0.15) is 0 Å². The van der Waals surface area contributed by atoms with Crippen LogP contribution in [0.2, 0.25) is 0 Å². The Hall–Kier alpha value is 1.86. The van der Waals surface area contributed by atoms with Gasteiger partial charge in [-0.25, -0.2) is 0 Å². The maximum absolute atomic E-state index is 0. The maximum atomic E-state index is 0. The van der Waals surface area contributed by atoms with Gasteiger partial charge >= 0.3 is 58.2 Å². The van der Waals surface area contributed by atoms with Gasteiger partial charge in [-0.3, -0.25) is 0 Å². The van der Waals surface area contributed by atoms with Gasteiger partial charge < -0.3 is 45.3 Å². The Bertz CT molecular complexity index is 8.49. The van der Waals surface area contributed by atoms with Gasteiger partial charge in [0.25, 0.3) is 0 Å². The molecule has 0 saturated carbocycles. The number of halogens is 1. The molecule has 0 aromatic rings. The van der Waals surface area contributed by atoms with E-state index < -0.39 is 0 Å². The van der Waals surface area contributed by atoms with Gasteiger partial charge in [-0.15, -0.1) is 0 Å². The van der Waals surface area contributed by atoms with Crippen molar-refractivity contribution < 1.29 is 103 Å². The summed E-state index contributed by atoms with van der Waals surface area (Å²) in [5.74, 6) is 0. The topological polar surface area (TPSA) is 189 Å². The molecule has 6 nitrogen and oxygen atoms in total. The fourth-order valence-electron chi connectivity index (χ4n) is 0. The van der Waals surface area contributed by atoms with E-state index >= 15 is 0 Å². The van der Waals surface area contributed by atoms with Crippen LogP contribution in [0.25, 0.3) is 0 Å². The third-order valence-electron chi connectivity index (χ3n) is 0. The standard InChI is InChI=1S/ClH.6H2O.Rb/h1H;6*1H2;/q;;;;;;;+1/p-1. The van der Waals surface area contributed by atoms with Crippen LogP contribution in [-0.4, -0.2) is 32.9 Å². The van der Waals surface area contributed by atoms with Crippen molar-refractivity contribution in [1.82, 2.24) is 0 Å². The molecule has 0 amide bonds. The molecule has 0 fully saturated rings. The molecule has 0 radical (unpaired) electrons. The predicted molar refractivity (Wildman–Crippen MR) is 21.7 cm³/mol. The first kappa shape index (κ1) is 225. The smallest absolute Gasteiger partial charge is 1.00 e. The summed E-state index contributed by atoms with van der Waals surface area (Å²) in [7, 11) is 0. The molecule has 0 heterocycles. The van der Waals surface area contributed by atoms with Gasteiger partial charge in [0.15, 0.2) is 0 Å². The fraction of sp³-hybridized carbons (Fsp3) is 0. The van der Waals surface area contributed by atoms with Crippen LogP contribution in [0.3, 0.4) is 0 Å². The molecule has 0 aliphatic heterocycles. The molecular formula is H12ClO6Rb. The van der Waals surface area contributed by atoms with Gasteiger partial charge in [0.05, 0.1) is 0 Å². The van der Waals surface area contributed by atoms with E-state index in [0.717, 1.165) is 0 Å². The summed E-state index contributed by atoms with van der Waals surface area (Å²) in [4.78, 5) is 0. The molecule has 0 rings (SSSR count). The Morgan fingerprint density at radius 2 is 0.375 bits per heavy atom. The average Bonchev–Trinajstić information content (AvgIpc) is 0. The SMILES string of the molecule is O.O.O.O.O.O.[Cl-].[Rb+]. The third-order valence-corrected chi connectivity index (χ3v) is 0. The molecule has 0 unspecified atom stereocenters. The van der Waals surface area contributed by atoms with Gasteiger partial charge in [-0.1, -0.05) is 0 Å². The van der Waals surface area contributed by atoms with E-state index in [9.17, 15) is 0 Å². The molecule has 0 aliphatic carbocycles. The van der Waals surface area contributed by atoms with E-state index in [4.69, 9.17) is 0 Å². The number of hydrogen-bond donors (Lipinski definition) is 0. The van der Waals surface area contributed by atoms with Crippen molar-refractivity contribution in [1.29, 1.82) is 0 Å². The van der Waals surface area contributed by atoms with E-state index in [2.05, 4.69) is 0 Å². The molecular weight excluding hydrogens is 217 g/mol. The van der Waals surface area contributed by atoms with Crippen molar-refractivity contribution in [3.63, 3.8) is 0 Å². The van der Waals surface area contributed by atoms with E-state index in [-0.39, 0.29) is 103 Å². The molecule has 12 N–H and O–H groups in total. The zero-order chi connectivity index (χ0) is 0. The van der Waals surface area contributed by atoms with Crippen LogP contribution < -0.4 is 70.6 Å². The van der Waals surface area contributed by atoms with Crippen LogP contribution in [-0.2, 0) is 0 Å². The van der Waals surface area contributed by atoms with Crippen molar-refractivity contribution in [2.24, 2.45) is 0 Å². The molecule has 0 aromatic carbocycles. The summed E-state index contributed by atoms with van der Waals surface area (Å²) in [5.41, 5.74) is 0. The summed E-state index contributed by atoms with van der Waals surface area (Å²) < 4.78 is 0. The summed E-state index contributed by atoms with van der Waals surface area (Å²) >= 11 is 0. The molecule has 8 heavy (non-hydrogen) atoms. The molecule has 0 spiro atoms. The van der Waals surface area contributed by atoms with Crippen LogP contribution in [0, 0.1) is 0 Å². The zero-order valence-corrected chi connectivity index (χ0v) is 10.0. The van der Waals surface area contributed by atoms with Crippen molar-refractivity contribution in [3.8, 4) is 0 Å². The molecule has 0 atom stereocenters. The van der Waals surface area contributed by atoms with Gasteiger partial charge in [-0.05, 0) is 0 Å². The van der Waals surface area contributed by atoms with Crippen molar-refractivity contribution in [3.05, 3.63) is 0 Å². The van der Waals surface area contributed by atoms with Gasteiger partial charge in [0.2, 0.25) is 0 Å². The van der Waals surface area contributed by atoms with Gasteiger partial charge in [0.1, 0.15) is 0 Å². The summed E-state index contributed by atoms with van der Waals surface area (Å²) in [6, 6.07) is 0. The van der Waals surface area contributed by atoms with Crippen molar-refractivity contribution >= 4 is 0 Å². The predicted octanol–water partition coefficient (Wildman–Crippen LogP) is -10.9. The quantitative estimate of drug-likeness (QED) is 0.381. The van der Waals surface area contributed by atoms with Crippen molar-refractivity contribution in [2.45, 2.75) is 0 Å². The second-order valence-corrected chi connectivity index (χ2v) is 0. The minimum Gasteiger partial charge on any atom is -1.00 e. The Labute approximate surface area is 102 Å². The van der Waals surface area contributed by atoms with E-state index in [0.29, 0.717) is 0 Å². The average molecular weight is 229 g/mol. The minimum absolute atomic E-state index is 0. The van der Waals surface area contributed by atoms with Crippen LogP contribution >= 0.6 is 0 Å². The largest absolute Gasteiger partial charge is 1.00 e. The first-order valence-corrected chi connectivity index (χ1v) is 0. The van der Waals surface area contributed by atoms with E-state index in [1.807, 2.05) is 0 Å². The first-order chi connectivity index (χ1) is 0. The van der Waals surface area contributed by atoms with Crippen LogP contribution in [0.4, 0.5) is 0 Å². The number of hydrogen-bond acceptors (Lipinski definition) is 0. The molecule has 0 aliphatic rings. The van der Waals surface area contributed by atoms with Crippen LogP contribution in [0.5, 0.6) is 0 Å². The Morgan fingerprint density at radius 1 is 0.375 bits per heavy atom.